The van der Waals surface area contributed by atoms with Crippen LogP contribution in [0.2, 0.25) is 0 Å². The van der Waals surface area contributed by atoms with E-state index in [0.717, 1.165) is 15.7 Å². The van der Waals surface area contributed by atoms with Gasteiger partial charge in [-0.3, -0.25) is 4.79 Å². The zero-order valence-electron chi connectivity index (χ0n) is 11.8. The van der Waals surface area contributed by atoms with Gasteiger partial charge in [0.15, 0.2) is 0 Å². The summed E-state index contributed by atoms with van der Waals surface area (Å²) in [6, 6.07) is 7.82. The van der Waals surface area contributed by atoms with Crippen LogP contribution in [0.25, 0.3) is 0 Å². The molecule has 6 heteroatoms. The number of carbonyl (C=O) groups excluding carboxylic acids is 1. The standard InChI is InChI=1S/C15H16BrN3O2/c1-10(14(20)21-2)7-11-3-5-13(6-4-11)19-15-17-8-12(16)9-18-15/h3-6,8-10H,7H2,1-2H3,(H,17,18,19). The van der Waals surface area contributed by atoms with Gasteiger partial charge in [0.1, 0.15) is 0 Å². The molecule has 1 aromatic carbocycles. The molecule has 2 rings (SSSR count). The number of carbonyl (C=O) groups is 1. The van der Waals surface area contributed by atoms with Gasteiger partial charge in [-0.2, -0.15) is 0 Å². The quantitative estimate of drug-likeness (QED) is 0.838. The molecule has 5 nitrogen and oxygen atoms in total. The van der Waals surface area contributed by atoms with Gasteiger partial charge in [-0.05, 0) is 40.0 Å². The monoisotopic (exact) mass is 349 g/mol. The van der Waals surface area contributed by atoms with E-state index in [1.165, 1.54) is 7.11 Å². The van der Waals surface area contributed by atoms with Crippen LogP contribution in [0.3, 0.4) is 0 Å². The van der Waals surface area contributed by atoms with Crippen LogP contribution in [0.5, 0.6) is 0 Å². The predicted molar refractivity (Wildman–Crippen MR) is 84.3 cm³/mol. The molecule has 1 atom stereocenters. The van der Waals surface area contributed by atoms with Gasteiger partial charge >= 0.3 is 5.97 Å². The number of nitrogens with zero attached hydrogens (tertiary/aromatic N) is 2. The maximum Gasteiger partial charge on any atom is 0.308 e. The van der Waals surface area contributed by atoms with E-state index in [-0.39, 0.29) is 11.9 Å². The number of nitrogens with one attached hydrogen (secondary N) is 1. The van der Waals surface area contributed by atoms with E-state index >= 15 is 0 Å². The summed E-state index contributed by atoms with van der Waals surface area (Å²) in [5.41, 5.74) is 1.97. The number of halogens is 1. The summed E-state index contributed by atoms with van der Waals surface area (Å²) in [4.78, 5) is 19.7. The number of hydrogen-bond acceptors (Lipinski definition) is 5. The molecule has 0 amide bonds. The molecule has 0 fully saturated rings. The van der Waals surface area contributed by atoms with E-state index in [0.29, 0.717) is 12.4 Å². The molecule has 0 spiro atoms. The first-order valence-corrected chi connectivity index (χ1v) is 7.29. The summed E-state index contributed by atoms with van der Waals surface area (Å²) in [5, 5.41) is 3.11. The highest BCUT2D eigenvalue weighted by Gasteiger charge is 2.13. The predicted octanol–water partition coefficient (Wildman–Crippen LogP) is 3.33. The Morgan fingerprint density at radius 2 is 1.90 bits per heavy atom. The van der Waals surface area contributed by atoms with E-state index in [2.05, 4.69) is 31.2 Å². The molecule has 1 aromatic heterocycles. The second-order valence-electron chi connectivity index (χ2n) is 4.68. The van der Waals surface area contributed by atoms with E-state index in [9.17, 15) is 4.79 Å². The number of esters is 1. The van der Waals surface area contributed by atoms with Gasteiger partial charge in [-0.15, -0.1) is 0 Å². The highest BCUT2D eigenvalue weighted by atomic mass is 79.9. The maximum absolute atomic E-state index is 11.4. The van der Waals surface area contributed by atoms with Crippen LogP contribution in [0.4, 0.5) is 11.6 Å². The fraction of sp³-hybridized carbons (Fsp3) is 0.267. The molecule has 0 bridgehead atoms. The molecule has 110 valence electrons. The summed E-state index contributed by atoms with van der Waals surface area (Å²) < 4.78 is 5.56. The number of aromatic nitrogens is 2. The van der Waals surface area contributed by atoms with Crippen LogP contribution < -0.4 is 5.32 Å². The SMILES string of the molecule is COC(=O)C(C)Cc1ccc(Nc2ncc(Br)cn2)cc1. The molecule has 1 heterocycles. The van der Waals surface area contributed by atoms with E-state index < -0.39 is 0 Å². The van der Waals surface area contributed by atoms with Crippen molar-refractivity contribution in [3.8, 4) is 0 Å². The second kappa shape index (κ2) is 7.17. The summed E-state index contributed by atoms with van der Waals surface area (Å²) in [7, 11) is 1.41. The molecule has 0 aliphatic rings. The van der Waals surface area contributed by atoms with Gasteiger partial charge in [0.25, 0.3) is 0 Å². The van der Waals surface area contributed by atoms with Gasteiger partial charge in [0.05, 0.1) is 17.5 Å². The highest BCUT2D eigenvalue weighted by molar-refractivity contribution is 9.10. The first kappa shape index (κ1) is 15.4. The number of hydrogen-bond donors (Lipinski definition) is 1. The summed E-state index contributed by atoms with van der Waals surface area (Å²) in [5.74, 6) is 0.193. The molecule has 1 N–H and O–H groups in total. The molecule has 0 aliphatic heterocycles. The highest BCUT2D eigenvalue weighted by Crippen LogP contribution is 2.17. The smallest absolute Gasteiger partial charge is 0.308 e. The van der Waals surface area contributed by atoms with Crippen LogP contribution in [0.1, 0.15) is 12.5 Å². The summed E-state index contributed by atoms with van der Waals surface area (Å²) in [6.45, 7) is 1.85. The minimum atomic E-state index is -0.194. The number of anilines is 2. The van der Waals surface area contributed by atoms with Gasteiger partial charge in [-0.1, -0.05) is 19.1 Å². The van der Waals surface area contributed by atoms with Crippen LogP contribution >= 0.6 is 15.9 Å². The van der Waals surface area contributed by atoms with Gasteiger partial charge in [-0.25, -0.2) is 9.97 Å². The van der Waals surface area contributed by atoms with Crippen molar-refractivity contribution >= 4 is 33.5 Å². The molecule has 0 radical (unpaired) electrons. The molecule has 2 aromatic rings. The van der Waals surface area contributed by atoms with Crippen molar-refractivity contribution in [2.24, 2.45) is 5.92 Å². The molecule has 0 aliphatic carbocycles. The minimum absolute atomic E-state index is 0.149. The van der Waals surface area contributed by atoms with Crippen LogP contribution in [0.15, 0.2) is 41.1 Å². The van der Waals surface area contributed by atoms with Crippen molar-refractivity contribution in [1.29, 1.82) is 0 Å². The Hall–Kier alpha value is -1.95. The zero-order valence-corrected chi connectivity index (χ0v) is 13.4. The van der Waals surface area contributed by atoms with E-state index in [1.54, 1.807) is 12.4 Å². The van der Waals surface area contributed by atoms with Crippen molar-refractivity contribution in [2.45, 2.75) is 13.3 Å². The van der Waals surface area contributed by atoms with Gasteiger partial charge < -0.3 is 10.1 Å². The molecular formula is C15H16BrN3O2. The average molecular weight is 350 g/mol. The van der Waals surface area contributed by atoms with Crippen molar-refractivity contribution in [3.63, 3.8) is 0 Å². The van der Waals surface area contributed by atoms with Gasteiger partial charge in [0.2, 0.25) is 5.95 Å². The fourth-order valence-electron chi connectivity index (χ4n) is 1.87. The largest absolute Gasteiger partial charge is 0.469 e. The third kappa shape index (κ3) is 4.53. The van der Waals surface area contributed by atoms with E-state index in [1.807, 2.05) is 31.2 Å². The number of methoxy groups -OCH3 is 1. The first-order chi connectivity index (χ1) is 10.1. The third-order valence-electron chi connectivity index (χ3n) is 2.98. The number of rotatable bonds is 5. The lowest BCUT2D eigenvalue weighted by atomic mass is 10.0. The van der Waals surface area contributed by atoms with Crippen molar-refractivity contribution in [2.75, 3.05) is 12.4 Å². The molecule has 0 saturated heterocycles. The molecule has 1 unspecified atom stereocenters. The average Bonchev–Trinajstić information content (AvgIpc) is 2.50. The molecule has 0 saturated carbocycles. The number of ether oxygens (including phenoxy) is 1. The fourth-order valence-corrected chi connectivity index (χ4v) is 2.07. The Labute approximate surface area is 131 Å². The lowest BCUT2D eigenvalue weighted by Crippen LogP contribution is -2.15. The third-order valence-corrected chi connectivity index (χ3v) is 3.39. The minimum Gasteiger partial charge on any atom is -0.469 e. The Bertz CT molecular complexity index is 599. The topological polar surface area (TPSA) is 64.1 Å². The second-order valence-corrected chi connectivity index (χ2v) is 5.59. The summed E-state index contributed by atoms with van der Waals surface area (Å²) in [6.07, 6.45) is 4.02. The molecular weight excluding hydrogens is 334 g/mol. The lowest BCUT2D eigenvalue weighted by Gasteiger charge is -2.10. The van der Waals surface area contributed by atoms with Crippen molar-refractivity contribution in [1.82, 2.24) is 9.97 Å². The van der Waals surface area contributed by atoms with Crippen LogP contribution in [0, 0.1) is 5.92 Å². The Kier molecular flexibility index (Phi) is 5.27. The van der Waals surface area contributed by atoms with Crippen molar-refractivity contribution < 1.29 is 9.53 Å². The Morgan fingerprint density at radius 1 is 1.29 bits per heavy atom. The van der Waals surface area contributed by atoms with Crippen molar-refractivity contribution in [3.05, 3.63) is 46.7 Å². The zero-order chi connectivity index (χ0) is 15.2. The Morgan fingerprint density at radius 3 is 2.48 bits per heavy atom. The lowest BCUT2D eigenvalue weighted by molar-refractivity contribution is -0.144. The normalized spacial score (nSPS) is 11.8. The molecule has 21 heavy (non-hydrogen) atoms. The van der Waals surface area contributed by atoms with E-state index in [4.69, 9.17) is 4.74 Å². The first-order valence-electron chi connectivity index (χ1n) is 6.50. The van der Waals surface area contributed by atoms with Crippen LogP contribution in [-0.2, 0) is 16.0 Å². The summed E-state index contributed by atoms with van der Waals surface area (Å²) >= 11 is 3.29. The van der Waals surface area contributed by atoms with Gasteiger partial charge in [0, 0.05) is 18.1 Å². The maximum atomic E-state index is 11.4. The van der Waals surface area contributed by atoms with Crippen LogP contribution in [-0.4, -0.2) is 23.0 Å². The Balaban J connectivity index is 1.98. The number of benzene rings is 1.